The standard InChI is InChI=1S/C14H20N2O2S2/c1-10-5-4-6-11(10)9-16-20(17,18)13-8-3-2-7-12(13)14(15)19/h2-3,7-8,10-11,16H,4-6,9H2,1H3,(H2,15,19). The van der Waals surface area contributed by atoms with E-state index in [-0.39, 0.29) is 9.88 Å². The van der Waals surface area contributed by atoms with Gasteiger partial charge >= 0.3 is 0 Å². The van der Waals surface area contributed by atoms with Gasteiger partial charge in [0.25, 0.3) is 0 Å². The Labute approximate surface area is 125 Å². The summed E-state index contributed by atoms with van der Waals surface area (Å²) in [6.07, 6.45) is 3.44. The second-order valence-corrected chi connectivity index (χ2v) is 7.56. The number of hydrogen-bond donors (Lipinski definition) is 2. The van der Waals surface area contributed by atoms with E-state index in [1.807, 2.05) is 0 Å². The fourth-order valence-corrected chi connectivity index (χ4v) is 4.28. The van der Waals surface area contributed by atoms with Crippen molar-refractivity contribution in [1.29, 1.82) is 0 Å². The average molecular weight is 312 g/mol. The number of hydrogen-bond acceptors (Lipinski definition) is 3. The van der Waals surface area contributed by atoms with Crippen molar-refractivity contribution in [1.82, 2.24) is 4.72 Å². The Morgan fingerprint density at radius 2 is 2.10 bits per heavy atom. The molecule has 0 radical (unpaired) electrons. The molecule has 0 saturated heterocycles. The molecule has 0 bridgehead atoms. The van der Waals surface area contributed by atoms with E-state index in [1.165, 1.54) is 18.9 Å². The van der Waals surface area contributed by atoms with Crippen LogP contribution in [0.5, 0.6) is 0 Å². The molecule has 110 valence electrons. The maximum atomic E-state index is 12.4. The lowest BCUT2D eigenvalue weighted by Crippen LogP contribution is -2.31. The molecule has 1 aromatic carbocycles. The summed E-state index contributed by atoms with van der Waals surface area (Å²) in [5.41, 5.74) is 5.99. The van der Waals surface area contributed by atoms with E-state index in [9.17, 15) is 8.42 Å². The van der Waals surface area contributed by atoms with Crippen LogP contribution in [0.4, 0.5) is 0 Å². The van der Waals surface area contributed by atoms with Crippen LogP contribution in [-0.2, 0) is 10.0 Å². The van der Waals surface area contributed by atoms with Crippen molar-refractivity contribution >= 4 is 27.2 Å². The first-order valence-electron chi connectivity index (χ1n) is 6.80. The normalized spacial score (nSPS) is 22.9. The van der Waals surface area contributed by atoms with E-state index >= 15 is 0 Å². The molecule has 0 aromatic heterocycles. The van der Waals surface area contributed by atoms with Crippen molar-refractivity contribution in [3.05, 3.63) is 29.8 Å². The van der Waals surface area contributed by atoms with Crippen LogP contribution in [0.15, 0.2) is 29.2 Å². The molecule has 1 aliphatic rings. The SMILES string of the molecule is CC1CCCC1CNS(=O)(=O)c1ccccc1C(N)=S. The molecule has 0 aliphatic heterocycles. The summed E-state index contributed by atoms with van der Waals surface area (Å²) < 4.78 is 27.5. The van der Waals surface area contributed by atoms with Crippen LogP contribution in [0.2, 0.25) is 0 Å². The third-order valence-electron chi connectivity index (χ3n) is 4.02. The second kappa shape index (κ2) is 6.20. The molecule has 2 unspecified atom stereocenters. The molecule has 1 saturated carbocycles. The highest BCUT2D eigenvalue weighted by atomic mass is 32.2. The van der Waals surface area contributed by atoms with E-state index in [0.29, 0.717) is 23.9 Å². The minimum atomic E-state index is -3.56. The molecular formula is C14H20N2O2S2. The van der Waals surface area contributed by atoms with E-state index < -0.39 is 10.0 Å². The largest absolute Gasteiger partial charge is 0.389 e. The highest BCUT2D eigenvalue weighted by Crippen LogP contribution is 2.30. The number of thiocarbonyl (C=S) groups is 1. The van der Waals surface area contributed by atoms with E-state index in [2.05, 4.69) is 11.6 Å². The molecule has 0 spiro atoms. The fraction of sp³-hybridized carbons (Fsp3) is 0.500. The molecule has 3 N–H and O–H groups in total. The van der Waals surface area contributed by atoms with Gasteiger partial charge in [0.05, 0.1) is 4.90 Å². The van der Waals surface area contributed by atoms with Crippen molar-refractivity contribution < 1.29 is 8.42 Å². The van der Waals surface area contributed by atoms with Crippen LogP contribution in [0.25, 0.3) is 0 Å². The van der Waals surface area contributed by atoms with Crippen LogP contribution >= 0.6 is 12.2 Å². The lowest BCUT2D eigenvalue weighted by Gasteiger charge is -2.17. The molecule has 1 aliphatic carbocycles. The predicted octanol–water partition coefficient (Wildman–Crippen LogP) is 2.04. The Bertz CT molecular complexity index is 599. The number of nitrogens with two attached hydrogens (primary N) is 1. The maximum absolute atomic E-state index is 12.4. The first-order chi connectivity index (χ1) is 9.42. The number of benzene rings is 1. The fourth-order valence-electron chi connectivity index (χ4n) is 2.72. The topological polar surface area (TPSA) is 72.2 Å². The first-order valence-corrected chi connectivity index (χ1v) is 8.69. The summed E-state index contributed by atoms with van der Waals surface area (Å²) in [6.45, 7) is 2.66. The summed E-state index contributed by atoms with van der Waals surface area (Å²) in [5.74, 6) is 0.991. The van der Waals surface area contributed by atoms with Gasteiger partial charge in [-0.25, -0.2) is 13.1 Å². The van der Waals surface area contributed by atoms with Crippen molar-refractivity contribution in [2.75, 3.05) is 6.54 Å². The van der Waals surface area contributed by atoms with Gasteiger partial charge in [0.15, 0.2) is 0 Å². The zero-order valence-corrected chi connectivity index (χ0v) is 13.1. The Balaban J connectivity index is 2.16. The Hall–Kier alpha value is -0.980. The molecule has 20 heavy (non-hydrogen) atoms. The Morgan fingerprint density at radius 1 is 1.40 bits per heavy atom. The summed E-state index contributed by atoms with van der Waals surface area (Å²) >= 11 is 4.91. The molecule has 6 heteroatoms. The lowest BCUT2D eigenvalue weighted by atomic mass is 9.99. The van der Waals surface area contributed by atoms with Crippen LogP contribution in [0.1, 0.15) is 31.7 Å². The molecule has 1 fully saturated rings. The molecule has 2 atom stereocenters. The molecular weight excluding hydrogens is 292 g/mol. The van der Waals surface area contributed by atoms with Gasteiger partial charge in [-0.05, 0) is 24.3 Å². The van der Waals surface area contributed by atoms with Crippen molar-refractivity contribution in [2.24, 2.45) is 17.6 Å². The van der Waals surface area contributed by atoms with Crippen LogP contribution in [0, 0.1) is 11.8 Å². The number of rotatable bonds is 5. The van der Waals surface area contributed by atoms with Gasteiger partial charge in [-0.1, -0.05) is 50.2 Å². The van der Waals surface area contributed by atoms with Gasteiger partial charge in [-0.15, -0.1) is 0 Å². The Kier molecular flexibility index (Phi) is 4.78. The molecule has 4 nitrogen and oxygen atoms in total. The minimum absolute atomic E-state index is 0.0974. The highest BCUT2D eigenvalue weighted by molar-refractivity contribution is 7.89. The third kappa shape index (κ3) is 3.37. The average Bonchev–Trinajstić information content (AvgIpc) is 2.82. The first kappa shape index (κ1) is 15.4. The van der Waals surface area contributed by atoms with Gasteiger partial charge < -0.3 is 5.73 Å². The lowest BCUT2D eigenvalue weighted by molar-refractivity contribution is 0.414. The van der Waals surface area contributed by atoms with Crippen molar-refractivity contribution in [2.45, 2.75) is 31.1 Å². The summed E-state index contributed by atoms with van der Waals surface area (Å²) in [5, 5.41) is 0. The zero-order valence-electron chi connectivity index (χ0n) is 11.5. The van der Waals surface area contributed by atoms with Crippen molar-refractivity contribution in [3.8, 4) is 0 Å². The molecule has 0 heterocycles. The van der Waals surface area contributed by atoms with Crippen LogP contribution in [-0.4, -0.2) is 20.0 Å². The minimum Gasteiger partial charge on any atom is -0.389 e. The summed E-state index contributed by atoms with van der Waals surface area (Å²) in [4.78, 5) is 0.262. The molecule has 2 rings (SSSR count). The predicted molar refractivity (Wildman–Crippen MR) is 84.0 cm³/mol. The Morgan fingerprint density at radius 3 is 2.70 bits per heavy atom. The number of sulfonamides is 1. The van der Waals surface area contributed by atoms with E-state index in [4.69, 9.17) is 18.0 Å². The third-order valence-corrected chi connectivity index (χ3v) is 5.72. The zero-order chi connectivity index (χ0) is 14.8. The van der Waals surface area contributed by atoms with E-state index in [0.717, 1.165) is 6.42 Å². The maximum Gasteiger partial charge on any atom is 0.241 e. The second-order valence-electron chi connectivity index (χ2n) is 5.38. The van der Waals surface area contributed by atoms with Gasteiger partial charge in [-0.2, -0.15) is 0 Å². The van der Waals surface area contributed by atoms with Gasteiger partial charge in [0.1, 0.15) is 4.99 Å². The van der Waals surface area contributed by atoms with Gasteiger partial charge in [0, 0.05) is 12.1 Å². The number of nitrogens with one attached hydrogen (secondary N) is 1. The van der Waals surface area contributed by atoms with Gasteiger partial charge in [0.2, 0.25) is 10.0 Å². The van der Waals surface area contributed by atoms with E-state index in [1.54, 1.807) is 18.2 Å². The smallest absolute Gasteiger partial charge is 0.241 e. The van der Waals surface area contributed by atoms with Gasteiger partial charge in [-0.3, -0.25) is 0 Å². The highest BCUT2D eigenvalue weighted by Gasteiger charge is 2.26. The monoisotopic (exact) mass is 312 g/mol. The van der Waals surface area contributed by atoms with Crippen LogP contribution in [0.3, 0.4) is 0 Å². The summed E-state index contributed by atoms with van der Waals surface area (Å²) in [6, 6.07) is 6.57. The molecule has 1 aromatic rings. The molecule has 0 amide bonds. The quantitative estimate of drug-likeness (QED) is 0.816. The summed E-state index contributed by atoms with van der Waals surface area (Å²) in [7, 11) is -3.56. The van der Waals surface area contributed by atoms with Crippen LogP contribution < -0.4 is 10.5 Å². The van der Waals surface area contributed by atoms with Crippen molar-refractivity contribution in [3.63, 3.8) is 0 Å².